The molecule has 13 heteroatoms. The molecular formula is C46H57N5O8. The number of unbranched alkanes of at least 4 members (excludes halogenated alkanes) is 1. The first kappa shape index (κ1) is 45.7. The molecule has 1 fully saturated rings. The summed E-state index contributed by atoms with van der Waals surface area (Å²) >= 11 is 0. The lowest BCUT2D eigenvalue weighted by Crippen LogP contribution is -2.59. The zero-order chi connectivity index (χ0) is 42.6. The van der Waals surface area contributed by atoms with Crippen molar-refractivity contribution in [2.75, 3.05) is 6.54 Å². The van der Waals surface area contributed by atoms with Crippen LogP contribution in [0.25, 0.3) is 6.08 Å². The fourth-order valence-corrected chi connectivity index (χ4v) is 7.36. The quantitative estimate of drug-likeness (QED) is 0.0614. The first-order valence-corrected chi connectivity index (χ1v) is 20.5. The Balaban J connectivity index is 1.41. The van der Waals surface area contributed by atoms with Crippen LogP contribution in [0.4, 0.5) is 0 Å². The Kier molecular flexibility index (Phi) is 18.2. The number of carboxylic acids is 1. The average molecular weight is 808 g/mol. The van der Waals surface area contributed by atoms with E-state index in [0.29, 0.717) is 57.1 Å². The van der Waals surface area contributed by atoms with Gasteiger partial charge < -0.3 is 26.8 Å². The Labute approximate surface area is 346 Å². The summed E-state index contributed by atoms with van der Waals surface area (Å²) in [7, 11) is 0. The molecule has 4 rings (SSSR count). The Morgan fingerprint density at radius 3 is 2.22 bits per heavy atom. The van der Waals surface area contributed by atoms with Crippen LogP contribution in [0.5, 0.6) is 0 Å². The molecule has 2 aromatic carbocycles. The molecule has 314 valence electrons. The van der Waals surface area contributed by atoms with E-state index < -0.39 is 47.0 Å². The maximum atomic E-state index is 14.0. The number of rotatable bonds is 24. The third kappa shape index (κ3) is 15.7. The molecule has 59 heavy (non-hydrogen) atoms. The summed E-state index contributed by atoms with van der Waals surface area (Å²) in [6.45, 7) is 2.29. The number of aryl methyl sites for hydroxylation is 1. The molecule has 0 spiro atoms. The lowest BCUT2D eigenvalue weighted by molar-refractivity contribution is -0.138. The molecule has 13 nitrogen and oxygen atoms in total. The number of carboxylic acid groups (broad SMARTS) is 1. The van der Waals surface area contributed by atoms with E-state index in [-0.39, 0.29) is 56.6 Å². The van der Waals surface area contributed by atoms with Gasteiger partial charge in [0.15, 0.2) is 5.78 Å². The summed E-state index contributed by atoms with van der Waals surface area (Å²) in [6, 6.07) is 17.6. The SMILES string of the molecule is Cc1ccccc1CC(=O)Cc1ccc(CC(=O)N[C@@H](CCCCNC(=O)/C=C/c2cccnc2)C(=O)C[C@@H](CCCC(=O)O)C(=O)NC2(C(N)=O)CCCCC2)cc1. The predicted molar refractivity (Wildman–Crippen MR) is 224 cm³/mol. The summed E-state index contributed by atoms with van der Waals surface area (Å²) in [5.74, 6) is -4.22. The topological polar surface area (TPSA) is 215 Å². The number of nitrogens with one attached hydrogen (secondary N) is 3. The second-order valence-electron chi connectivity index (χ2n) is 15.5. The summed E-state index contributed by atoms with van der Waals surface area (Å²) in [6.07, 6.45) is 10.8. The number of nitrogens with two attached hydrogens (primary N) is 1. The van der Waals surface area contributed by atoms with Gasteiger partial charge in [0.1, 0.15) is 11.3 Å². The van der Waals surface area contributed by atoms with Gasteiger partial charge in [0.25, 0.3) is 0 Å². The predicted octanol–water partition coefficient (Wildman–Crippen LogP) is 4.91. The highest BCUT2D eigenvalue weighted by atomic mass is 16.4. The van der Waals surface area contributed by atoms with E-state index in [1.807, 2.05) is 49.4 Å². The number of carbonyl (C=O) groups is 7. The largest absolute Gasteiger partial charge is 0.481 e. The summed E-state index contributed by atoms with van der Waals surface area (Å²) in [5.41, 5.74) is 8.85. The van der Waals surface area contributed by atoms with Crippen LogP contribution in [0.15, 0.2) is 79.1 Å². The van der Waals surface area contributed by atoms with Crippen molar-refractivity contribution in [3.05, 3.63) is 107 Å². The van der Waals surface area contributed by atoms with Gasteiger partial charge in [0.2, 0.25) is 23.6 Å². The maximum Gasteiger partial charge on any atom is 0.303 e. The Morgan fingerprint density at radius 2 is 1.56 bits per heavy atom. The summed E-state index contributed by atoms with van der Waals surface area (Å²) in [4.78, 5) is 94.3. The Morgan fingerprint density at radius 1 is 0.847 bits per heavy atom. The molecule has 0 bridgehead atoms. The zero-order valence-corrected chi connectivity index (χ0v) is 33.9. The smallest absolute Gasteiger partial charge is 0.303 e. The minimum atomic E-state index is -1.24. The number of nitrogens with zero attached hydrogens (tertiary/aromatic N) is 1. The van der Waals surface area contributed by atoms with Crippen molar-refractivity contribution in [1.29, 1.82) is 0 Å². The van der Waals surface area contributed by atoms with Gasteiger partial charge in [-0.2, -0.15) is 0 Å². The number of aromatic nitrogens is 1. The van der Waals surface area contributed by atoms with E-state index >= 15 is 0 Å². The molecule has 0 aliphatic heterocycles. The molecule has 3 aromatic rings. The van der Waals surface area contributed by atoms with E-state index in [1.165, 1.54) is 6.08 Å². The van der Waals surface area contributed by atoms with E-state index in [4.69, 9.17) is 5.73 Å². The number of hydrogen-bond donors (Lipinski definition) is 5. The lowest BCUT2D eigenvalue weighted by Gasteiger charge is -2.36. The van der Waals surface area contributed by atoms with Crippen LogP contribution < -0.4 is 21.7 Å². The molecule has 1 heterocycles. The molecule has 0 unspecified atom stereocenters. The van der Waals surface area contributed by atoms with Crippen molar-refractivity contribution in [1.82, 2.24) is 20.9 Å². The van der Waals surface area contributed by atoms with Crippen molar-refractivity contribution in [3.8, 4) is 0 Å². The van der Waals surface area contributed by atoms with Crippen LogP contribution in [-0.4, -0.2) is 69.4 Å². The monoisotopic (exact) mass is 807 g/mol. The van der Waals surface area contributed by atoms with Crippen molar-refractivity contribution in [2.24, 2.45) is 11.7 Å². The number of hydrogen-bond acceptors (Lipinski definition) is 8. The number of aliphatic carboxylic acids is 1. The average Bonchev–Trinajstić information content (AvgIpc) is 3.21. The third-order valence-electron chi connectivity index (χ3n) is 10.8. The van der Waals surface area contributed by atoms with Gasteiger partial charge in [-0.1, -0.05) is 73.9 Å². The van der Waals surface area contributed by atoms with Crippen LogP contribution in [-0.2, 0) is 52.8 Å². The fourth-order valence-electron chi connectivity index (χ4n) is 7.36. The van der Waals surface area contributed by atoms with Crippen LogP contribution in [0.1, 0.15) is 105 Å². The number of ketones is 2. The molecule has 1 saturated carbocycles. The van der Waals surface area contributed by atoms with Crippen molar-refractivity contribution in [3.63, 3.8) is 0 Å². The molecule has 2 atom stereocenters. The molecule has 0 saturated heterocycles. The van der Waals surface area contributed by atoms with Crippen molar-refractivity contribution in [2.45, 2.75) is 115 Å². The molecule has 1 aliphatic carbocycles. The highest BCUT2D eigenvalue weighted by Gasteiger charge is 2.41. The molecule has 0 radical (unpaired) electrons. The number of benzene rings is 2. The molecular weight excluding hydrogens is 751 g/mol. The summed E-state index contributed by atoms with van der Waals surface area (Å²) < 4.78 is 0. The molecule has 4 amide bonds. The lowest BCUT2D eigenvalue weighted by atomic mass is 9.80. The number of amides is 4. The van der Waals surface area contributed by atoms with Gasteiger partial charge in [-0.25, -0.2) is 0 Å². The van der Waals surface area contributed by atoms with Crippen LogP contribution in [0.2, 0.25) is 0 Å². The van der Waals surface area contributed by atoms with Gasteiger partial charge in [0, 0.05) is 56.6 Å². The van der Waals surface area contributed by atoms with Crippen LogP contribution in [0.3, 0.4) is 0 Å². The molecule has 1 aliphatic rings. The Hall–Kier alpha value is -5.98. The van der Waals surface area contributed by atoms with Crippen LogP contribution >= 0.6 is 0 Å². The number of Topliss-reactive ketones (excluding diaryl/α,β-unsaturated/α-hetero) is 2. The van der Waals surface area contributed by atoms with Gasteiger partial charge in [-0.05, 0) is 91.8 Å². The van der Waals surface area contributed by atoms with Crippen molar-refractivity contribution < 1.29 is 38.7 Å². The first-order valence-electron chi connectivity index (χ1n) is 20.5. The number of pyridine rings is 1. The molecule has 1 aromatic heterocycles. The maximum absolute atomic E-state index is 14.0. The fraction of sp³-hybridized carbons (Fsp3) is 0.435. The Bertz CT molecular complexity index is 1940. The van der Waals surface area contributed by atoms with E-state index in [2.05, 4.69) is 20.9 Å². The highest BCUT2D eigenvalue weighted by molar-refractivity contribution is 5.95. The van der Waals surface area contributed by atoms with Crippen molar-refractivity contribution >= 4 is 47.2 Å². The van der Waals surface area contributed by atoms with E-state index in [0.717, 1.165) is 28.7 Å². The summed E-state index contributed by atoms with van der Waals surface area (Å²) in [5, 5.41) is 17.8. The first-order chi connectivity index (χ1) is 28.3. The minimum Gasteiger partial charge on any atom is -0.481 e. The standard InChI is InChI=1S/C46H57N5O8/c1-32-11-3-4-13-36(32)29-38(52)27-33-17-19-34(20-18-33)28-42(55)50-39(15-5-8-26-49-41(54)22-21-35-12-10-25-48-31-35)40(53)30-37(14-9-16-43(56)57)44(58)51-46(45(47)59)23-6-2-7-24-46/h3-4,10-13,17-22,25,31,37,39H,2,5-9,14-16,23-24,26-30H2,1H3,(H2,47,59)(H,49,54)(H,50,55)(H,51,58)(H,56,57)/b22-21+/t37-,39+/m1/s1. The number of carbonyl (C=O) groups excluding carboxylic acids is 6. The van der Waals surface area contributed by atoms with Gasteiger partial charge >= 0.3 is 5.97 Å². The second-order valence-corrected chi connectivity index (χ2v) is 15.5. The highest BCUT2D eigenvalue weighted by Crippen LogP contribution is 2.29. The van der Waals surface area contributed by atoms with Gasteiger partial charge in [-0.15, -0.1) is 0 Å². The van der Waals surface area contributed by atoms with Gasteiger partial charge in [0.05, 0.1) is 12.5 Å². The zero-order valence-electron chi connectivity index (χ0n) is 33.9. The second kappa shape index (κ2) is 23.4. The minimum absolute atomic E-state index is 0.0375. The molecule has 6 N–H and O–H groups in total. The number of primary amides is 1. The third-order valence-corrected chi connectivity index (χ3v) is 10.8. The normalized spacial score (nSPS) is 14.5. The van der Waals surface area contributed by atoms with Gasteiger partial charge in [-0.3, -0.25) is 38.5 Å². The van der Waals surface area contributed by atoms with Crippen LogP contribution in [0, 0.1) is 12.8 Å². The van der Waals surface area contributed by atoms with E-state index in [9.17, 15) is 38.7 Å². The van der Waals surface area contributed by atoms with E-state index in [1.54, 1.807) is 36.7 Å².